The molecule has 2 saturated heterocycles. The molecule has 2 fully saturated rings. The third-order valence-corrected chi connectivity index (χ3v) is 24.1. The fourth-order valence-corrected chi connectivity index (χ4v) is 16.3. The van der Waals surface area contributed by atoms with Crippen LogP contribution in [-0.4, -0.2) is 314 Å². The number of para-hydroxylation sites is 2. The minimum Gasteiger partial charge on any atom is -0.394 e. The lowest BCUT2D eigenvalue weighted by Crippen LogP contribution is -2.61. The zero-order valence-corrected chi connectivity index (χ0v) is 76.7. The van der Waals surface area contributed by atoms with E-state index in [-0.39, 0.29) is 83.4 Å². The summed E-state index contributed by atoms with van der Waals surface area (Å²) >= 11 is 0.774. The van der Waals surface area contributed by atoms with Crippen LogP contribution in [-0.2, 0) is 119 Å². The van der Waals surface area contributed by atoms with Crippen LogP contribution in [0.15, 0.2) is 134 Å². The lowest BCUT2D eigenvalue weighted by Gasteiger charge is -2.35. The number of primary amides is 2. The molecule has 2 aliphatic heterocycles. The SMILES string of the molecule is CC(C)C[C@@H]1NC(=O)[C@H](Cc2cnc[nH]2)NC(=O)[C@@H]2CCCN2C(=O)[C@H](CC(N)=O)NC(=O)[C@H](C)N(C)C(=O)[C@H](Cc2ccccc2)NC(=O)CSC[C@@H](C(=O)NCC(N)=O)NC(=O)[C@H](CCCNC(=N)N)NC(=O)[C@H](C)N(C)C(=O)[C@H](COCc2ccccc2)N(C)C(=O)[C@H](Cc2c[nH]c3ccccc23)NC(=O)[C@H](CO)NC(=O)[C@H](Cc2c[nH]c3ccccc23)NC(=O)CN(C)C1=O. The van der Waals surface area contributed by atoms with Gasteiger partial charge in [-0.2, -0.15) is 0 Å². The molecule has 17 amide bonds. The van der Waals surface area contributed by atoms with Crippen LogP contribution >= 0.6 is 11.8 Å². The summed E-state index contributed by atoms with van der Waals surface area (Å²) in [5, 5.41) is 49.0. The van der Waals surface area contributed by atoms with E-state index in [2.05, 4.69) is 78.4 Å². The topological polar surface area (TPSA) is 630 Å². The van der Waals surface area contributed by atoms with Crippen LogP contribution in [0.4, 0.5) is 0 Å². The molecule has 134 heavy (non-hydrogen) atoms. The normalized spacial score (nSPS) is 23.3. The highest BCUT2D eigenvalue weighted by Gasteiger charge is 2.44. The number of aromatic amines is 3. The third-order valence-electron chi connectivity index (χ3n) is 23.1. The summed E-state index contributed by atoms with van der Waals surface area (Å²) in [7, 11) is 5.02. The molecular formula is C90H120N24O19S. The van der Waals surface area contributed by atoms with E-state index in [1.165, 1.54) is 54.6 Å². The lowest BCUT2D eigenvalue weighted by atomic mass is 10.0. The Morgan fingerprint density at radius 2 is 1.07 bits per heavy atom. The molecule has 4 aromatic carbocycles. The molecule has 2 aliphatic rings. The van der Waals surface area contributed by atoms with Crippen molar-refractivity contribution < 1.29 is 91.4 Å². The summed E-state index contributed by atoms with van der Waals surface area (Å²) in [6, 6.07) is 10.8. The average molecular weight is 1870 g/mol. The number of thioether (sulfide) groups is 1. The summed E-state index contributed by atoms with van der Waals surface area (Å²) in [5.41, 5.74) is 20.5. The standard InChI is InChI=1S/C90H120N24O19S/c1-50(2)33-65-85(128)110(5)43-75(118)101-63(35-55-39-97-60-27-17-15-25-58(55)60)81(124)108-69(44-115)83(126)107-67(36-56-40-98-61-28-18-16-26-59(56)61)87(130)113(8)72(46-133-45-54-23-13-10-14-24-54)89(132)112(7)52(4)77(120)103-62(29-19-31-96-90(93)94)80(123)109-70(79(122)99-42-74(92)117)47-134-48-76(119)102-66(34-53-21-11-9-12-22-53)86(129)111(6)51(3)78(121)105-68(38-73(91)116)88(131)114-32-20-30-71(114)84(127)104-64(82(125)106-65)37-57-41-95-49-100-57/h9-18,21-28,39-41,49-52,62-72,97-98,115H,19-20,29-38,42-48H2,1-8H3,(H2,91,116)(H2,92,117)(H,95,100)(H,99,122)(H,101,118)(H,102,119)(H,103,120)(H,104,127)(H,105,121)(H,106,125)(H,107,126)(H,108,124)(H,109,123)(H4,93,94,96)/t51-,52-,62-,63-,64-,65-,66-,67-,68-,69-,70-,71-,72-/m0/s1. The smallest absolute Gasteiger partial charge is 0.248 e. The van der Waals surface area contributed by atoms with E-state index in [1.807, 2.05) is 0 Å². The number of hydrogen-bond acceptors (Lipinski definition) is 22. The first-order valence-electron chi connectivity index (χ1n) is 43.8. The number of hydrogen-bond donors (Lipinski definition) is 19. The molecule has 0 radical (unpaired) electrons. The fraction of sp³-hybridized carbons (Fsp3) is 0.456. The highest BCUT2D eigenvalue weighted by atomic mass is 32.2. The number of nitrogens with zero attached hydrogens (tertiary/aromatic N) is 6. The van der Waals surface area contributed by atoms with E-state index < -0.39 is 229 Å². The molecule has 22 N–H and O–H groups in total. The number of nitrogens with one attached hydrogen (secondary N) is 15. The van der Waals surface area contributed by atoms with E-state index in [0.29, 0.717) is 49.8 Å². The van der Waals surface area contributed by atoms with E-state index >= 15 is 19.2 Å². The molecule has 13 atom stereocenters. The maximum absolute atomic E-state index is 15.7. The van der Waals surface area contributed by atoms with Crippen LogP contribution < -0.4 is 75.7 Å². The Bertz CT molecular complexity index is 5330. The third kappa shape index (κ3) is 29.6. The van der Waals surface area contributed by atoms with Crippen molar-refractivity contribution in [3.63, 3.8) is 0 Å². The van der Waals surface area contributed by atoms with E-state index in [1.54, 1.807) is 135 Å². The van der Waals surface area contributed by atoms with Gasteiger partial charge in [-0.25, -0.2) is 4.98 Å². The number of amides is 17. The number of aliphatic hydroxyl groups excluding tert-OH is 1. The molecular weight excluding hydrogens is 1750 g/mol. The number of guanidine groups is 1. The number of H-pyrrole nitrogens is 3. The zero-order valence-electron chi connectivity index (χ0n) is 75.8. The van der Waals surface area contributed by atoms with Crippen LogP contribution in [0.3, 0.4) is 0 Å². The largest absolute Gasteiger partial charge is 0.394 e. The van der Waals surface area contributed by atoms with Gasteiger partial charge in [0.05, 0.1) is 51.4 Å². The van der Waals surface area contributed by atoms with E-state index in [9.17, 15) is 67.4 Å². The van der Waals surface area contributed by atoms with Gasteiger partial charge in [0.25, 0.3) is 0 Å². The molecule has 5 heterocycles. The first kappa shape index (κ1) is 103. The Hall–Kier alpha value is -14.3. The number of fused-ring (bicyclic) bond motifs is 3. The predicted octanol–water partition coefficient (Wildman–Crippen LogP) is -3.28. The van der Waals surface area contributed by atoms with Gasteiger partial charge in [-0.15, -0.1) is 11.8 Å². The number of carbonyl (C=O) groups excluding carboxylic acids is 17. The highest BCUT2D eigenvalue weighted by Crippen LogP contribution is 2.26. The van der Waals surface area contributed by atoms with Gasteiger partial charge in [0.1, 0.15) is 78.5 Å². The molecule has 0 unspecified atom stereocenters. The second-order valence-corrected chi connectivity index (χ2v) is 34.6. The number of imidazole rings is 1. The van der Waals surface area contributed by atoms with Gasteiger partial charge in [-0.1, -0.05) is 111 Å². The van der Waals surface area contributed by atoms with Crippen LogP contribution in [0.5, 0.6) is 0 Å². The summed E-state index contributed by atoms with van der Waals surface area (Å²) in [4.78, 5) is 266. The minimum absolute atomic E-state index is 0.00867. The number of benzene rings is 4. The molecule has 43 nitrogen and oxygen atoms in total. The number of carbonyl (C=O) groups is 17. The fourth-order valence-electron chi connectivity index (χ4n) is 15.5. The molecule has 0 bridgehead atoms. The Balaban J connectivity index is 1.08. The molecule has 0 saturated carbocycles. The van der Waals surface area contributed by atoms with Gasteiger partial charge in [0, 0.05) is 119 Å². The second-order valence-electron chi connectivity index (χ2n) is 33.5. The first-order chi connectivity index (χ1) is 63.9. The monoisotopic (exact) mass is 1870 g/mol. The molecule has 7 aromatic rings. The van der Waals surface area contributed by atoms with E-state index in [4.69, 9.17) is 27.3 Å². The molecule has 9 rings (SSSR count). The second kappa shape index (κ2) is 49.8. The van der Waals surface area contributed by atoms with Crippen molar-refractivity contribution in [3.05, 3.63) is 162 Å². The van der Waals surface area contributed by atoms with Crippen molar-refractivity contribution in [2.24, 2.45) is 23.1 Å². The van der Waals surface area contributed by atoms with Crippen molar-refractivity contribution >= 4 is 140 Å². The number of aliphatic hydroxyl groups is 1. The number of ether oxygens (including phenoxy) is 1. The van der Waals surface area contributed by atoms with Crippen molar-refractivity contribution in [1.29, 1.82) is 5.41 Å². The van der Waals surface area contributed by atoms with Crippen molar-refractivity contribution in [2.45, 2.75) is 177 Å². The summed E-state index contributed by atoms with van der Waals surface area (Å²) in [6.07, 6.45) is 4.07. The summed E-state index contributed by atoms with van der Waals surface area (Å²) < 4.78 is 6.20. The quantitative estimate of drug-likeness (QED) is 0.0160. The minimum atomic E-state index is -1.89. The van der Waals surface area contributed by atoms with Crippen molar-refractivity contribution in [2.75, 3.05) is 79.1 Å². The van der Waals surface area contributed by atoms with Gasteiger partial charge in [0.15, 0.2) is 5.96 Å². The number of rotatable bonds is 24. The van der Waals surface area contributed by atoms with Crippen LogP contribution in [0.2, 0.25) is 0 Å². The van der Waals surface area contributed by atoms with Gasteiger partial charge >= 0.3 is 0 Å². The number of nitrogens with two attached hydrogens (primary N) is 3. The lowest BCUT2D eigenvalue weighted by molar-refractivity contribution is -0.151. The highest BCUT2D eigenvalue weighted by molar-refractivity contribution is 8.00. The molecule has 0 spiro atoms. The summed E-state index contributed by atoms with van der Waals surface area (Å²) in [5.74, 6) is -17.8. The van der Waals surface area contributed by atoms with Crippen molar-refractivity contribution in [1.82, 2.24) is 103 Å². The van der Waals surface area contributed by atoms with Gasteiger partial charge in [-0.3, -0.25) is 86.9 Å². The molecule has 0 aliphatic carbocycles. The molecule has 720 valence electrons. The van der Waals surface area contributed by atoms with Gasteiger partial charge < -0.3 is 125 Å². The van der Waals surface area contributed by atoms with Crippen LogP contribution in [0.1, 0.15) is 94.2 Å². The molecule has 44 heteroatoms. The zero-order chi connectivity index (χ0) is 97.6. The van der Waals surface area contributed by atoms with Crippen LogP contribution in [0.25, 0.3) is 21.8 Å². The summed E-state index contributed by atoms with van der Waals surface area (Å²) in [6.45, 7) is 2.76. The predicted molar refractivity (Wildman–Crippen MR) is 492 cm³/mol. The van der Waals surface area contributed by atoms with Crippen LogP contribution in [0, 0.1) is 11.3 Å². The molecule has 3 aromatic heterocycles. The van der Waals surface area contributed by atoms with E-state index in [0.717, 1.165) is 36.3 Å². The first-order valence-corrected chi connectivity index (χ1v) is 45.0. The maximum Gasteiger partial charge on any atom is 0.248 e. The number of aromatic nitrogens is 4. The van der Waals surface area contributed by atoms with Gasteiger partial charge in [0.2, 0.25) is 100 Å². The van der Waals surface area contributed by atoms with Gasteiger partial charge in [-0.05, 0) is 86.3 Å². The average Bonchev–Trinajstić information content (AvgIpc) is 1.63. The Morgan fingerprint density at radius 1 is 0.545 bits per heavy atom. The Labute approximate surface area is 777 Å². The Kier molecular flexibility index (Phi) is 38.4. The number of likely N-dealkylation sites (N-methyl/N-ethyl adjacent to an activating group) is 4. The maximum atomic E-state index is 15.7. The Morgan fingerprint density at radius 3 is 1.66 bits per heavy atom. The van der Waals surface area contributed by atoms with Crippen molar-refractivity contribution in [3.8, 4) is 0 Å².